The topological polar surface area (TPSA) is 93.4 Å². The summed E-state index contributed by atoms with van der Waals surface area (Å²) in [4.78, 5) is 24.3. The molecule has 8 heteroatoms. The van der Waals surface area contributed by atoms with E-state index in [1.54, 1.807) is 23.7 Å². The zero-order valence-electron chi connectivity index (χ0n) is 16.0. The van der Waals surface area contributed by atoms with Crippen molar-refractivity contribution in [3.63, 3.8) is 0 Å². The van der Waals surface area contributed by atoms with Crippen LogP contribution in [-0.4, -0.2) is 52.1 Å². The standard InChI is InChI=1S/C20H27N5O2S/c21-19-22-11-15(12-23-19)13-25-7-8-27-20(14-25)6-2-1-5-17(20)24-18(26)10-16-4-3-9-28-16/h3-4,9,11-12,17H,1-2,5-8,10,13-14H2,(H,24,26)(H2,21,22,23)/t17-,20-/m0/s1. The molecule has 2 aromatic rings. The summed E-state index contributed by atoms with van der Waals surface area (Å²) in [5.74, 6) is 0.379. The number of aromatic nitrogens is 2. The molecule has 2 atom stereocenters. The first-order valence-electron chi connectivity index (χ1n) is 9.87. The van der Waals surface area contributed by atoms with Gasteiger partial charge in [-0.1, -0.05) is 18.9 Å². The first kappa shape index (κ1) is 19.3. The largest absolute Gasteiger partial charge is 0.370 e. The highest BCUT2D eigenvalue weighted by atomic mass is 32.1. The summed E-state index contributed by atoms with van der Waals surface area (Å²) in [5, 5.41) is 5.29. The maximum atomic E-state index is 12.6. The molecule has 0 unspecified atom stereocenters. The molecular weight excluding hydrogens is 374 g/mol. The predicted molar refractivity (Wildman–Crippen MR) is 109 cm³/mol. The van der Waals surface area contributed by atoms with E-state index in [4.69, 9.17) is 10.5 Å². The van der Waals surface area contributed by atoms with Crippen LogP contribution in [0.4, 0.5) is 5.95 Å². The van der Waals surface area contributed by atoms with Gasteiger partial charge in [-0.25, -0.2) is 9.97 Å². The summed E-state index contributed by atoms with van der Waals surface area (Å²) in [5.41, 5.74) is 6.32. The zero-order chi connectivity index (χ0) is 19.4. The molecule has 1 amide bonds. The van der Waals surface area contributed by atoms with E-state index in [0.29, 0.717) is 19.0 Å². The molecule has 1 spiro atoms. The SMILES string of the molecule is Nc1ncc(CN2CCO[C@@]3(CCCC[C@@H]3NC(=O)Cc3cccs3)C2)cn1. The molecule has 3 heterocycles. The van der Waals surface area contributed by atoms with Gasteiger partial charge in [-0.2, -0.15) is 0 Å². The van der Waals surface area contributed by atoms with E-state index in [1.807, 2.05) is 17.5 Å². The highest BCUT2D eigenvalue weighted by Gasteiger charge is 2.45. The van der Waals surface area contributed by atoms with Gasteiger partial charge < -0.3 is 15.8 Å². The van der Waals surface area contributed by atoms with Crippen molar-refractivity contribution >= 4 is 23.2 Å². The number of thiophene rings is 1. The predicted octanol–water partition coefficient (Wildman–Crippen LogP) is 1.99. The van der Waals surface area contributed by atoms with Crippen LogP contribution in [0.25, 0.3) is 0 Å². The van der Waals surface area contributed by atoms with E-state index in [2.05, 4.69) is 20.2 Å². The van der Waals surface area contributed by atoms with Crippen LogP contribution < -0.4 is 11.1 Å². The Hall–Kier alpha value is -2.03. The Morgan fingerprint density at radius 1 is 1.39 bits per heavy atom. The molecule has 3 N–H and O–H groups in total. The Morgan fingerprint density at radius 2 is 2.25 bits per heavy atom. The first-order valence-corrected chi connectivity index (χ1v) is 10.8. The number of anilines is 1. The van der Waals surface area contributed by atoms with Crippen LogP contribution in [0.2, 0.25) is 0 Å². The van der Waals surface area contributed by atoms with E-state index in [0.717, 1.165) is 55.8 Å². The van der Waals surface area contributed by atoms with E-state index >= 15 is 0 Å². The van der Waals surface area contributed by atoms with Crippen molar-refractivity contribution < 1.29 is 9.53 Å². The van der Waals surface area contributed by atoms with Crippen molar-refractivity contribution in [2.75, 3.05) is 25.4 Å². The molecule has 0 aromatic carbocycles. The third-order valence-electron chi connectivity index (χ3n) is 5.65. The van der Waals surface area contributed by atoms with Gasteiger partial charge in [0.1, 0.15) is 5.60 Å². The number of ether oxygens (including phenoxy) is 1. The van der Waals surface area contributed by atoms with Gasteiger partial charge in [0.2, 0.25) is 11.9 Å². The van der Waals surface area contributed by atoms with Gasteiger partial charge in [0, 0.05) is 42.5 Å². The minimum Gasteiger partial charge on any atom is -0.370 e. The average molecular weight is 402 g/mol. The summed E-state index contributed by atoms with van der Waals surface area (Å²) in [6.07, 6.45) is 8.21. The van der Waals surface area contributed by atoms with E-state index < -0.39 is 0 Å². The number of nitrogen functional groups attached to an aromatic ring is 1. The summed E-state index contributed by atoms with van der Waals surface area (Å²) >= 11 is 1.62. The first-order chi connectivity index (χ1) is 13.6. The lowest BCUT2D eigenvalue weighted by Crippen LogP contribution is -2.64. The number of nitrogens with zero attached hydrogens (tertiary/aromatic N) is 3. The van der Waals surface area contributed by atoms with Crippen LogP contribution in [0.15, 0.2) is 29.9 Å². The van der Waals surface area contributed by atoms with Crippen LogP contribution in [-0.2, 0) is 22.5 Å². The number of amides is 1. The number of morpholine rings is 1. The summed E-state index contributed by atoms with van der Waals surface area (Å²) in [7, 11) is 0. The van der Waals surface area contributed by atoms with Crippen molar-refractivity contribution in [2.24, 2.45) is 0 Å². The smallest absolute Gasteiger partial charge is 0.225 e. The summed E-state index contributed by atoms with van der Waals surface area (Å²) in [6.45, 7) is 3.11. The Balaban J connectivity index is 1.42. The van der Waals surface area contributed by atoms with Gasteiger partial charge in [0.25, 0.3) is 0 Å². The second kappa shape index (κ2) is 8.55. The van der Waals surface area contributed by atoms with Gasteiger partial charge >= 0.3 is 0 Å². The van der Waals surface area contributed by atoms with E-state index in [9.17, 15) is 4.79 Å². The molecule has 2 fully saturated rings. The van der Waals surface area contributed by atoms with Gasteiger partial charge in [0.15, 0.2) is 0 Å². The molecule has 7 nitrogen and oxygen atoms in total. The van der Waals surface area contributed by atoms with Crippen molar-refractivity contribution in [1.82, 2.24) is 20.2 Å². The maximum Gasteiger partial charge on any atom is 0.225 e. The molecule has 1 saturated carbocycles. The van der Waals surface area contributed by atoms with Crippen molar-refractivity contribution in [1.29, 1.82) is 0 Å². The van der Waals surface area contributed by atoms with Crippen molar-refractivity contribution in [2.45, 2.75) is 50.3 Å². The molecule has 4 rings (SSSR count). The molecule has 150 valence electrons. The molecular formula is C20H27N5O2S. The maximum absolute atomic E-state index is 12.6. The second-order valence-electron chi connectivity index (χ2n) is 7.70. The number of carbonyl (C=O) groups is 1. The Morgan fingerprint density at radius 3 is 3.04 bits per heavy atom. The molecule has 2 aliphatic rings. The van der Waals surface area contributed by atoms with Gasteiger partial charge in [0.05, 0.1) is 19.1 Å². The quantitative estimate of drug-likeness (QED) is 0.796. The minimum absolute atomic E-state index is 0.0548. The van der Waals surface area contributed by atoms with Crippen LogP contribution >= 0.6 is 11.3 Å². The fourth-order valence-corrected chi connectivity index (χ4v) is 5.02. The number of rotatable bonds is 5. The van der Waals surface area contributed by atoms with Crippen molar-refractivity contribution in [3.05, 3.63) is 40.3 Å². The highest BCUT2D eigenvalue weighted by molar-refractivity contribution is 7.10. The van der Waals surface area contributed by atoms with Gasteiger partial charge in [-0.15, -0.1) is 11.3 Å². The van der Waals surface area contributed by atoms with Crippen LogP contribution in [0.3, 0.4) is 0 Å². The molecule has 0 bridgehead atoms. The lowest BCUT2D eigenvalue weighted by Gasteiger charge is -2.49. The van der Waals surface area contributed by atoms with Crippen LogP contribution in [0, 0.1) is 0 Å². The van der Waals surface area contributed by atoms with Crippen LogP contribution in [0.1, 0.15) is 36.1 Å². The Kier molecular flexibility index (Phi) is 5.89. The molecule has 1 aliphatic carbocycles. The molecule has 1 saturated heterocycles. The Bertz CT molecular complexity index is 778. The monoisotopic (exact) mass is 401 g/mol. The minimum atomic E-state index is -0.309. The third-order valence-corrected chi connectivity index (χ3v) is 6.52. The zero-order valence-corrected chi connectivity index (χ0v) is 16.8. The fourth-order valence-electron chi connectivity index (χ4n) is 4.31. The van der Waals surface area contributed by atoms with Gasteiger partial charge in [-0.05, 0) is 24.3 Å². The highest BCUT2D eigenvalue weighted by Crippen LogP contribution is 2.35. The number of hydrogen-bond donors (Lipinski definition) is 2. The average Bonchev–Trinajstić information content (AvgIpc) is 3.19. The lowest BCUT2D eigenvalue weighted by molar-refractivity contribution is -0.151. The molecule has 0 radical (unpaired) electrons. The Labute approximate surface area is 169 Å². The summed E-state index contributed by atoms with van der Waals surface area (Å²) < 4.78 is 6.34. The lowest BCUT2D eigenvalue weighted by atomic mass is 9.78. The van der Waals surface area contributed by atoms with Crippen LogP contribution in [0.5, 0.6) is 0 Å². The number of nitrogens with one attached hydrogen (secondary N) is 1. The van der Waals surface area contributed by atoms with E-state index in [-0.39, 0.29) is 17.6 Å². The number of hydrogen-bond acceptors (Lipinski definition) is 7. The van der Waals surface area contributed by atoms with Gasteiger partial charge in [-0.3, -0.25) is 9.69 Å². The fraction of sp³-hybridized carbons (Fsp3) is 0.550. The number of carbonyl (C=O) groups excluding carboxylic acids is 1. The summed E-state index contributed by atoms with van der Waals surface area (Å²) in [6, 6.07) is 4.05. The normalized spacial score (nSPS) is 25.6. The molecule has 2 aromatic heterocycles. The van der Waals surface area contributed by atoms with E-state index in [1.165, 1.54) is 0 Å². The molecule has 28 heavy (non-hydrogen) atoms. The second-order valence-corrected chi connectivity index (χ2v) is 8.73. The van der Waals surface area contributed by atoms with Crippen molar-refractivity contribution in [3.8, 4) is 0 Å². The number of nitrogens with two attached hydrogens (primary N) is 1. The molecule has 1 aliphatic heterocycles. The third kappa shape index (κ3) is 4.51.